The molecule has 0 saturated carbocycles. The number of rotatable bonds is 4. The topological polar surface area (TPSA) is 76.3 Å². The molecular formula is C13H20N5O3+. The van der Waals surface area contributed by atoms with E-state index in [1.807, 2.05) is 13.8 Å². The van der Waals surface area contributed by atoms with Crippen LogP contribution >= 0.6 is 0 Å². The third-order valence-corrected chi connectivity index (χ3v) is 3.83. The van der Waals surface area contributed by atoms with E-state index in [9.17, 15) is 14.4 Å². The summed E-state index contributed by atoms with van der Waals surface area (Å²) in [5, 5.41) is 0. The molecule has 0 spiro atoms. The summed E-state index contributed by atoms with van der Waals surface area (Å²) in [7, 11) is 3.00. The van der Waals surface area contributed by atoms with Gasteiger partial charge in [-0.2, -0.15) is 0 Å². The van der Waals surface area contributed by atoms with Gasteiger partial charge in [-0.25, -0.2) is 9.37 Å². The van der Waals surface area contributed by atoms with Crippen LogP contribution in [0.2, 0.25) is 0 Å². The number of fused-ring (bicyclic) bond motifs is 1. The van der Waals surface area contributed by atoms with Crippen molar-refractivity contribution in [3.63, 3.8) is 0 Å². The highest BCUT2D eigenvalue weighted by molar-refractivity contribution is 6.21. The number of hydrogen-bond acceptors (Lipinski definition) is 4. The van der Waals surface area contributed by atoms with Crippen LogP contribution in [0.15, 0.2) is 4.99 Å². The molecule has 8 nitrogen and oxygen atoms in total. The molecule has 0 aromatic heterocycles. The number of aliphatic imine (C=N–C) groups is 1. The zero-order valence-electron chi connectivity index (χ0n) is 12.7. The van der Waals surface area contributed by atoms with E-state index in [1.54, 1.807) is 16.5 Å². The molecule has 1 saturated heterocycles. The fourth-order valence-electron chi connectivity index (χ4n) is 2.51. The first-order valence-corrected chi connectivity index (χ1v) is 6.92. The predicted octanol–water partition coefficient (Wildman–Crippen LogP) is -0.800. The quantitative estimate of drug-likeness (QED) is 0.637. The predicted molar refractivity (Wildman–Crippen MR) is 76.3 cm³/mol. The highest BCUT2D eigenvalue weighted by Gasteiger charge is 2.50. The Bertz CT molecular complexity index is 550. The van der Waals surface area contributed by atoms with Crippen LogP contribution in [0.3, 0.4) is 0 Å². The van der Waals surface area contributed by atoms with Crippen molar-refractivity contribution < 1.29 is 19.0 Å². The lowest BCUT2D eigenvalue weighted by atomic mass is 10.1. The van der Waals surface area contributed by atoms with Gasteiger partial charge in [0.05, 0.1) is 0 Å². The molecule has 1 fully saturated rings. The van der Waals surface area contributed by atoms with Crippen molar-refractivity contribution in [2.45, 2.75) is 19.9 Å². The number of imide groups is 1. The Balaban J connectivity index is 2.18. The average molecular weight is 294 g/mol. The molecule has 0 N–H and O–H groups in total. The molecule has 2 aliphatic rings. The van der Waals surface area contributed by atoms with E-state index >= 15 is 0 Å². The number of amides is 4. The molecule has 114 valence electrons. The highest BCUT2D eigenvalue weighted by atomic mass is 16.2. The van der Waals surface area contributed by atoms with Gasteiger partial charge in [-0.3, -0.25) is 19.4 Å². The van der Waals surface area contributed by atoms with Crippen LogP contribution in [0, 0.1) is 0 Å². The van der Waals surface area contributed by atoms with E-state index in [2.05, 4.69) is 4.99 Å². The molecule has 8 heteroatoms. The summed E-state index contributed by atoms with van der Waals surface area (Å²) >= 11 is 0. The number of nitrogens with zero attached hydrogens (tertiary/aromatic N) is 5. The minimum atomic E-state index is -0.697. The van der Waals surface area contributed by atoms with Gasteiger partial charge in [-0.05, 0) is 18.8 Å². The molecule has 21 heavy (non-hydrogen) atoms. The summed E-state index contributed by atoms with van der Waals surface area (Å²) in [5.74, 6) is -0.0592. The van der Waals surface area contributed by atoms with Crippen LogP contribution in [0.4, 0.5) is 4.79 Å². The van der Waals surface area contributed by atoms with Crippen molar-refractivity contribution in [2.75, 3.05) is 33.7 Å². The standard InChI is InChI=1S/C13H20N5O3/c1-5-17(6-2)9(19)7-18-8-14-11-10(18)12(20)16(4)13(21)15(11)3/h8,10H,5-7H2,1-4H3/q+1. The van der Waals surface area contributed by atoms with Crippen LogP contribution in [-0.2, 0) is 9.59 Å². The minimum absolute atomic E-state index is 0.0669. The summed E-state index contributed by atoms with van der Waals surface area (Å²) < 4.78 is 1.58. The second-order valence-electron chi connectivity index (χ2n) is 4.98. The molecule has 1 atom stereocenters. The number of carbonyl (C=O) groups is 3. The summed E-state index contributed by atoms with van der Waals surface area (Å²) in [4.78, 5) is 44.5. The van der Waals surface area contributed by atoms with Crippen molar-refractivity contribution in [2.24, 2.45) is 4.99 Å². The lowest BCUT2D eigenvalue weighted by Crippen LogP contribution is -2.62. The molecule has 2 heterocycles. The molecule has 4 amide bonds. The first-order valence-electron chi connectivity index (χ1n) is 6.92. The SMILES string of the molecule is CCN(CC)C(=O)C[N+]1=CN=C2C1C(=O)N(C)C(=O)N2C. The smallest absolute Gasteiger partial charge is 0.333 e. The highest BCUT2D eigenvalue weighted by Crippen LogP contribution is 2.16. The van der Waals surface area contributed by atoms with Gasteiger partial charge in [0, 0.05) is 27.2 Å². The molecule has 0 aromatic carbocycles. The van der Waals surface area contributed by atoms with Crippen molar-refractivity contribution >= 4 is 30.0 Å². The number of hydrogen-bond donors (Lipinski definition) is 0. The van der Waals surface area contributed by atoms with Crippen molar-refractivity contribution in [3.8, 4) is 0 Å². The second kappa shape index (κ2) is 5.63. The Morgan fingerprint density at radius 2 is 1.90 bits per heavy atom. The molecule has 2 aliphatic heterocycles. The normalized spacial score (nSPS) is 21.2. The number of likely N-dealkylation sites (N-methyl/N-ethyl adjacent to an activating group) is 3. The molecular weight excluding hydrogens is 274 g/mol. The molecule has 1 unspecified atom stereocenters. The zero-order valence-corrected chi connectivity index (χ0v) is 12.7. The van der Waals surface area contributed by atoms with Crippen LogP contribution in [0.1, 0.15) is 13.8 Å². The summed E-state index contributed by atoms with van der Waals surface area (Å²) in [6.45, 7) is 5.12. The molecule has 0 aromatic rings. The molecule has 0 aliphatic carbocycles. The van der Waals surface area contributed by atoms with Crippen molar-refractivity contribution in [1.29, 1.82) is 0 Å². The van der Waals surface area contributed by atoms with E-state index in [0.717, 1.165) is 4.90 Å². The maximum atomic E-state index is 12.3. The Kier molecular flexibility index (Phi) is 4.06. The van der Waals surface area contributed by atoms with E-state index in [-0.39, 0.29) is 18.4 Å². The average Bonchev–Trinajstić information content (AvgIpc) is 2.88. The Morgan fingerprint density at radius 1 is 1.29 bits per heavy atom. The number of carbonyl (C=O) groups excluding carboxylic acids is 3. The minimum Gasteiger partial charge on any atom is -0.340 e. The zero-order chi connectivity index (χ0) is 15.7. The fraction of sp³-hybridized carbons (Fsp3) is 0.615. The van der Waals surface area contributed by atoms with Gasteiger partial charge in [-0.1, -0.05) is 0 Å². The first-order chi connectivity index (χ1) is 9.92. The molecule has 0 radical (unpaired) electrons. The van der Waals surface area contributed by atoms with Gasteiger partial charge >= 0.3 is 6.03 Å². The fourth-order valence-corrected chi connectivity index (χ4v) is 2.51. The maximum Gasteiger partial charge on any atom is 0.333 e. The van der Waals surface area contributed by atoms with E-state index in [1.165, 1.54) is 18.3 Å². The largest absolute Gasteiger partial charge is 0.340 e. The second-order valence-corrected chi connectivity index (χ2v) is 4.98. The van der Waals surface area contributed by atoms with Crippen LogP contribution in [0.25, 0.3) is 0 Å². The van der Waals surface area contributed by atoms with E-state index in [0.29, 0.717) is 18.9 Å². The van der Waals surface area contributed by atoms with Crippen molar-refractivity contribution in [1.82, 2.24) is 14.7 Å². The lowest BCUT2D eigenvalue weighted by molar-refractivity contribution is -0.520. The number of urea groups is 1. The van der Waals surface area contributed by atoms with Gasteiger partial charge in [0.25, 0.3) is 30.0 Å². The Morgan fingerprint density at radius 3 is 2.48 bits per heavy atom. The van der Waals surface area contributed by atoms with Gasteiger partial charge in [0.2, 0.25) is 0 Å². The Hall–Kier alpha value is -2.25. The third kappa shape index (κ3) is 2.41. The van der Waals surface area contributed by atoms with Gasteiger partial charge < -0.3 is 4.90 Å². The first kappa shape index (κ1) is 15.1. The van der Waals surface area contributed by atoms with Crippen LogP contribution < -0.4 is 0 Å². The van der Waals surface area contributed by atoms with E-state index in [4.69, 9.17) is 0 Å². The maximum absolute atomic E-state index is 12.3. The van der Waals surface area contributed by atoms with Crippen molar-refractivity contribution in [3.05, 3.63) is 0 Å². The monoisotopic (exact) mass is 294 g/mol. The number of amidine groups is 1. The summed E-state index contributed by atoms with van der Waals surface area (Å²) in [6.07, 6.45) is 1.46. The summed E-state index contributed by atoms with van der Waals surface area (Å²) in [6, 6.07) is -1.11. The van der Waals surface area contributed by atoms with Gasteiger partial charge in [0.15, 0.2) is 6.54 Å². The summed E-state index contributed by atoms with van der Waals surface area (Å²) in [5.41, 5.74) is 0. The van der Waals surface area contributed by atoms with Crippen LogP contribution in [0.5, 0.6) is 0 Å². The lowest BCUT2D eigenvalue weighted by Gasteiger charge is -2.30. The van der Waals surface area contributed by atoms with Crippen LogP contribution in [-0.4, -0.2) is 89.1 Å². The van der Waals surface area contributed by atoms with Gasteiger partial charge in [-0.15, -0.1) is 0 Å². The Labute approximate surface area is 123 Å². The molecule has 0 bridgehead atoms. The third-order valence-electron chi connectivity index (χ3n) is 3.83. The van der Waals surface area contributed by atoms with Gasteiger partial charge in [0.1, 0.15) is 0 Å². The van der Waals surface area contributed by atoms with E-state index < -0.39 is 12.1 Å². The molecule has 2 rings (SSSR count).